The van der Waals surface area contributed by atoms with Crippen LogP contribution in [0.3, 0.4) is 0 Å². The van der Waals surface area contributed by atoms with E-state index in [1.165, 1.54) is 6.08 Å². The van der Waals surface area contributed by atoms with Gasteiger partial charge in [-0.25, -0.2) is 0 Å². The molecule has 0 aliphatic carbocycles. The van der Waals surface area contributed by atoms with Gasteiger partial charge in [-0.2, -0.15) is 0 Å². The first-order valence-electron chi connectivity index (χ1n) is 8.79. The van der Waals surface area contributed by atoms with Crippen molar-refractivity contribution in [2.45, 2.75) is 13.8 Å². The summed E-state index contributed by atoms with van der Waals surface area (Å²) in [6.07, 6.45) is 3.30. The Morgan fingerprint density at radius 3 is 2.30 bits per heavy atom. The molecule has 2 aromatic carbocycles. The van der Waals surface area contributed by atoms with Gasteiger partial charge < -0.3 is 19.1 Å². The molecule has 27 heavy (non-hydrogen) atoms. The van der Waals surface area contributed by atoms with E-state index in [-0.39, 0.29) is 5.91 Å². The first-order chi connectivity index (χ1) is 12.9. The standard InChI is InChI=1S/C22H27NO4/c1-16-12-17(2)14-19(13-16)27-11-10-23(3)22(24)9-7-18-6-8-20(25-4)21(15-18)26-5/h6-9,12-15H,10-11H2,1-5H3/b9-7+. The zero-order valence-electron chi connectivity index (χ0n) is 16.6. The monoisotopic (exact) mass is 369 g/mol. The Bertz CT molecular complexity index is 794. The topological polar surface area (TPSA) is 48.0 Å². The fourth-order valence-corrected chi connectivity index (χ4v) is 2.68. The molecule has 0 saturated carbocycles. The number of amides is 1. The zero-order chi connectivity index (χ0) is 19.8. The van der Waals surface area contributed by atoms with Crippen LogP contribution in [-0.4, -0.2) is 45.2 Å². The van der Waals surface area contributed by atoms with Gasteiger partial charge in [0.1, 0.15) is 12.4 Å². The molecular weight excluding hydrogens is 342 g/mol. The van der Waals surface area contributed by atoms with Crippen molar-refractivity contribution in [3.05, 3.63) is 59.2 Å². The van der Waals surface area contributed by atoms with Crippen LogP contribution in [0.5, 0.6) is 17.2 Å². The van der Waals surface area contributed by atoms with E-state index >= 15 is 0 Å². The Morgan fingerprint density at radius 2 is 1.67 bits per heavy atom. The molecule has 2 rings (SSSR count). The van der Waals surface area contributed by atoms with Crippen molar-refractivity contribution in [2.75, 3.05) is 34.4 Å². The van der Waals surface area contributed by atoms with E-state index in [9.17, 15) is 4.79 Å². The van der Waals surface area contributed by atoms with Gasteiger partial charge in [-0.15, -0.1) is 0 Å². The minimum absolute atomic E-state index is 0.0891. The average molecular weight is 369 g/mol. The molecule has 0 spiro atoms. The van der Waals surface area contributed by atoms with Crippen LogP contribution in [0.2, 0.25) is 0 Å². The molecule has 0 aliphatic heterocycles. The number of carbonyl (C=O) groups excluding carboxylic acids is 1. The van der Waals surface area contributed by atoms with Crippen LogP contribution in [0.1, 0.15) is 16.7 Å². The van der Waals surface area contributed by atoms with Crippen molar-refractivity contribution in [1.29, 1.82) is 0 Å². The molecule has 0 unspecified atom stereocenters. The normalized spacial score (nSPS) is 10.7. The predicted octanol–water partition coefficient (Wildman–Crippen LogP) is 3.87. The molecule has 2 aromatic rings. The molecule has 5 heteroatoms. The molecule has 0 fully saturated rings. The number of ether oxygens (including phenoxy) is 3. The smallest absolute Gasteiger partial charge is 0.246 e. The molecule has 0 aromatic heterocycles. The van der Waals surface area contributed by atoms with Crippen LogP contribution in [0.25, 0.3) is 6.08 Å². The van der Waals surface area contributed by atoms with E-state index in [1.807, 2.05) is 44.2 Å². The lowest BCUT2D eigenvalue weighted by molar-refractivity contribution is -0.125. The highest BCUT2D eigenvalue weighted by Gasteiger charge is 2.07. The molecule has 0 heterocycles. The number of methoxy groups -OCH3 is 2. The van der Waals surface area contributed by atoms with E-state index in [0.717, 1.165) is 22.4 Å². The number of aryl methyl sites for hydroxylation is 2. The minimum Gasteiger partial charge on any atom is -0.493 e. The molecule has 1 amide bonds. The van der Waals surface area contributed by atoms with Crippen molar-refractivity contribution >= 4 is 12.0 Å². The third-order valence-electron chi connectivity index (χ3n) is 4.09. The largest absolute Gasteiger partial charge is 0.493 e. The Kier molecular flexibility index (Phi) is 7.29. The number of benzene rings is 2. The molecule has 0 aliphatic rings. The molecule has 5 nitrogen and oxygen atoms in total. The summed E-state index contributed by atoms with van der Waals surface area (Å²) in [5.74, 6) is 2.02. The lowest BCUT2D eigenvalue weighted by Crippen LogP contribution is -2.29. The minimum atomic E-state index is -0.0891. The number of rotatable bonds is 8. The highest BCUT2D eigenvalue weighted by Crippen LogP contribution is 2.28. The van der Waals surface area contributed by atoms with E-state index in [1.54, 1.807) is 32.2 Å². The highest BCUT2D eigenvalue weighted by atomic mass is 16.5. The fraction of sp³-hybridized carbons (Fsp3) is 0.318. The van der Waals surface area contributed by atoms with Gasteiger partial charge in [0, 0.05) is 13.1 Å². The Hall–Kier alpha value is -2.95. The summed E-state index contributed by atoms with van der Waals surface area (Å²) in [5, 5.41) is 0. The number of nitrogens with zero attached hydrogens (tertiary/aromatic N) is 1. The molecule has 0 atom stereocenters. The van der Waals surface area contributed by atoms with Gasteiger partial charge in [0.2, 0.25) is 5.91 Å². The summed E-state index contributed by atoms with van der Waals surface area (Å²) in [6.45, 7) is 5.01. The second-order valence-corrected chi connectivity index (χ2v) is 6.38. The molecule has 0 saturated heterocycles. The molecule has 0 radical (unpaired) electrons. The van der Waals surface area contributed by atoms with E-state index in [4.69, 9.17) is 14.2 Å². The van der Waals surface area contributed by atoms with Crippen molar-refractivity contribution in [3.8, 4) is 17.2 Å². The number of hydrogen-bond donors (Lipinski definition) is 0. The Balaban J connectivity index is 1.88. The Labute approximate surface area is 161 Å². The van der Waals surface area contributed by atoms with Gasteiger partial charge in [-0.1, -0.05) is 12.1 Å². The maximum atomic E-state index is 12.3. The van der Waals surface area contributed by atoms with Crippen LogP contribution in [-0.2, 0) is 4.79 Å². The summed E-state index contributed by atoms with van der Waals surface area (Å²) in [6, 6.07) is 11.6. The van der Waals surface area contributed by atoms with Gasteiger partial charge >= 0.3 is 0 Å². The molecule has 144 valence electrons. The van der Waals surface area contributed by atoms with Crippen LogP contribution >= 0.6 is 0 Å². The van der Waals surface area contributed by atoms with Crippen LogP contribution in [0, 0.1) is 13.8 Å². The number of likely N-dealkylation sites (N-methyl/N-ethyl adjacent to an activating group) is 1. The second-order valence-electron chi connectivity index (χ2n) is 6.38. The molecule has 0 N–H and O–H groups in total. The fourth-order valence-electron chi connectivity index (χ4n) is 2.68. The lowest BCUT2D eigenvalue weighted by atomic mass is 10.1. The SMILES string of the molecule is COc1ccc(/C=C/C(=O)N(C)CCOc2cc(C)cc(C)c2)cc1OC. The Morgan fingerprint density at radius 1 is 1.00 bits per heavy atom. The van der Waals surface area contributed by atoms with Crippen molar-refractivity contribution in [2.24, 2.45) is 0 Å². The van der Waals surface area contributed by atoms with E-state index in [2.05, 4.69) is 6.07 Å². The van der Waals surface area contributed by atoms with Crippen molar-refractivity contribution in [1.82, 2.24) is 4.90 Å². The molecule has 0 bridgehead atoms. The summed E-state index contributed by atoms with van der Waals surface area (Å²) < 4.78 is 16.2. The van der Waals surface area contributed by atoms with Crippen molar-refractivity contribution < 1.29 is 19.0 Å². The third-order valence-corrected chi connectivity index (χ3v) is 4.09. The summed E-state index contributed by atoms with van der Waals surface area (Å²) in [7, 11) is 4.93. The second kappa shape index (κ2) is 9.67. The van der Waals surface area contributed by atoms with E-state index < -0.39 is 0 Å². The average Bonchev–Trinajstić information content (AvgIpc) is 2.64. The summed E-state index contributed by atoms with van der Waals surface area (Å²) in [5.41, 5.74) is 3.18. The summed E-state index contributed by atoms with van der Waals surface area (Å²) >= 11 is 0. The van der Waals surface area contributed by atoms with Gasteiger partial charge in [-0.05, 0) is 60.9 Å². The number of hydrogen-bond acceptors (Lipinski definition) is 4. The van der Waals surface area contributed by atoms with Gasteiger partial charge in [0.05, 0.1) is 20.8 Å². The predicted molar refractivity (Wildman–Crippen MR) is 108 cm³/mol. The number of carbonyl (C=O) groups is 1. The summed E-state index contributed by atoms with van der Waals surface area (Å²) in [4.78, 5) is 13.9. The lowest BCUT2D eigenvalue weighted by Gasteiger charge is -2.16. The van der Waals surface area contributed by atoms with Crippen LogP contribution < -0.4 is 14.2 Å². The van der Waals surface area contributed by atoms with Crippen LogP contribution in [0.15, 0.2) is 42.5 Å². The first-order valence-corrected chi connectivity index (χ1v) is 8.79. The van der Waals surface area contributed by atoms with E-state index in [0.29, 0.717) is 24.7 Å². The third kappa shape index (κ3) is 6.06. The van der Waals surface area contributed by atoms with Gasteiger partial charge in [0.25, 0.3) is 0 Å². The highest BCUT2D eigenvalue weighted by molar-refractivity contribution is 5.91. The van der Waals surface area contributed by atoms with Gasteiger partial charge in [0.15, 0.2) is 11.5 Å². The first kappa shape index (κ1) is 20.4. The van der Waals surface area contributed by atoms with Gasteiger partial charge in [-0.3, -0.25) is 4.79 Å². The maximum absolute atomic E-state index is 12.3. The maximum Gasteiger partial charge on any atom is 0.246 e. The quantitative estimate of drug-likeness (QED) is 0.663. The molecular formula is C22H27NO4. The zero-order valence-corrected chi connectivity index (χ0v) is 16.6. The van der Waals surface area contributed by atoms with Crippen LogP contribution in [0.4, 0.5) is 0 Å². The van der Waals surface area contributed by atoms with Crippen molar-refractivity contribution in [3.63, 3.8) is 0 Å².